The first-order valence-electron chi connectivity index (χ1n) is 8.45. The molecule has 0 fully saturated rings. The number of benzene rings is 1. The molecule has 0 aliphatic heterocycles. The van der Waals surface area contributed by atoms with Gasteiger partial charge in [-0.15, -0.1) is 0 Å². The fourth-order valence-electron chi connectivity index (χ4n) is 2.82. The van der Waals surface area contributed by atoms with Crippen molar-refractivity contribution in [3.8, 4) is 11.4 Å². The van der Waals surface area contributed by atoms with E-state index in [9.17, 15) is 4.79 Å². The number of H-pyrrole nitrogens is 1. The van der Waals surface area contributed by atoms with Gasteiger partial charge in [-0.1, -0.05) is 23.8 Å². The molecule has 1 N–H and O–H groups in total. The van der Waals surface area contributed by atoms with E-state index in [1.54, 1.807) is 11.9 Å². The van der Waals surface area contributed by atoms with Crippen molar-refractivity contribution in [2.45, 2.75) is 33.4 Å². The second-order valence-corrected chi connectivity index (χ2v) is 6.77. The summed E-state index contributed by atoms with van der Waals surface area (Å²) in [6.45, 7) is 4.84. The summed E-state index contributed by atoms with van der Waals surface area (Å²) >= 11 is 5.34. The molecule has 0 saturated heterocycles. The van der Waals surface area contributed by atoms with E-state index in [1.165, 1.54) is 0 Å². The molecule has 0 bridgehead atoms. The van der Waals surface area contributed by atoms with Crippen LogP contribution in [0, 0.1) is 18.6 Å². The van der Waals surface area contributed by atoms with E-state index in [-0.39, 0.29) is 5.91 Å². The fourth-order valence-corrected chi connectivity index (χ4v) is 3.04. The van der Waals surface area contributed by atoms with Crippen LogP contribution in [0.25, 0.3) is 11.4 Å². The van der Waals surface area contributed by atoms with E-state index in [1.807, 2.05) is 48.7 Å². The number of aromatic amines is 1. The van der Waals surface area contributed by atoms with Crippen molar-refractivity contribution in [2.75, 3.05) is 7.05 Å². The van der Waals surface area contributed by atoms with Crippen molar-refractivity contribution in [3.05, 3.63) is 58.3 Å². The highest BCUT2D eigenvalue weighted by Gasteiger charge is 2.14. The maximum atomic E-state index is 12.5. The largest absolute Gasteiger partial charge is 0.464 e. The lowest BCUT2D eigenvalue weighted by Gasteiger charge is -2.16. The van der Waals surface area contributed by atoms with Crippen LogP contribution in [0.4, 0.5) is 0 Å². The summed E-state index contributed by atoms with van der Waals surface area (Å²) in [6, 6.07) is 11.8. The Kier molecular flexibility index (Phi) is 5.37. The molecular formula is C19H22N4O2S. The van der Waals surface area contributed by atoms with Gasteiger partial charge in [0, 0.05) is 25.6 Å². The Morgan fingerprint density at radius 3 is 2.81 bits per heavy atom. The molecule has 0 radical (unpaired) electrons. The minimum Gasteiger partial charge on any atom is -0.464 e. The number of nitrogens with one attached hydrogen (secondary N) is 1. The number of aryl methyl sites for hydroxylation is 2. The number of hydrogen-bond acceptors (Lipinski definition) is 4. The van der Waals surface area contributed by atoms with Crippen LogP contribution in [0.15, 0.2) is 40.8 Å². The molecule has 26 heavy (non-hydrogen) atoms. The summed E-state index contributed by atoms with van der Waals surface area (Å²) in [4.78, 5) is 14.1. The Hall–Kier alpha value is -2.67. The predicted octanol–water partition coefficient (Wildman–Crippen LogP) is 3.87. The van der Waals surface area contributed by atoms with Crippen LogP contribution in [0.3, 0.4) is 0 Å². The third-order valence-electron chi connectivity index (χ3n) is 4.20. The average Bonchev–Trinajstić information content (AvgIpc) is 3.18. The molecule has 2 heterocycles. The summed E-state index contributed by atoms with van der Waals surface area (Å²) < 4.78 is 7.91. The van der Waals surface area contributed by atoms with Gasteiger partial charge in [0.2, 0.25) is 5.91 Å². The van der Waals surface area contributed by atoms with E-state index in [0.717, 1.165) is 28.5 Å². The molecule has 3 rings (SSSR count). The lowest BCUT2D eigenvalue weighted by molar-refractivity contribution is -0.130. The number of furan rings is 1. The third kappa shape index (κ3) is 4.11. The van der Waals surface area contributed by atoms with E-state index in [4.69, 9.17) is 16.6 Å². The van der Waals surface area contributed by atoms with Crippen molar-refractivity contribution in [3.63, 3.8) is 0 Å². The van der Waals surface area contributed by atoms with Gasteiger partial charge >= 0.3 is 0 Å². The van der Waals surface area contributed by atoms with Crippen LogP contribution < -0.4 is 0 Å². The Balaban J connectivity index is 1.69. The fraction of sp³-hybridized carbons (Fsp3) is 0.316. The minimum atomic E-state index is 0.0253. The average molecular weight is 370 g/mol. The summed E-state index contributed by atoms with van der Waals surface area (Å²) in [5.74, 6) is 2.39. The molecule has 1 amide bonds. The maximum absolute atomic E-state index is 12.5. The highest BCUT2D eigenvalue weighted by atomic mass is 32.1. The second-order valence-electron chi connectivity index (χ2n) is 6.39. The lowest BCUT2D eigenvalue weighted by Crippen LogP contribution is -2.27. The number of rotatable bonds is 6. The monoisotopic (exact) mass is 370 g/mol. The summed E-state index contributed by atoms with van der Waals surface area (Å²) in [7, 11) is 1.77. The number of hydrogen-bond donors (Lipinski definition) is 1. The van der Waals surface area contributed by atoms with E-state index in [2.05, 4.69) is 16.3 Å². The minimum absolute atomic E-state index is 0.0253. The highest BCUT2D eigenvalue weighted by Crippen LogP contribution is 2.19. The summed E-state index contributed by atoms with van der Waals surface area (Å²) in [5.41, 5.74) is 2.12. The first-order valence-corrected chi connectivity index (χ1v) is 8.86. The number of carbonyl (C=O) groups excluding carboxylic acids is 1. The molecule has 136 valence electrons. The van der Waals surface area contributed by atoms with Gasteiger partial charge in [-0.05, 0) is 44.3 Å². The first kappa shape index (κ1) is 18.1. The van der Waals surface area contributed by atoms with Gasteiger partial charge < -0.3 is 9.32 Å². The van der Waals surface area contributed by atoms with Crippen LogP contribution >= 0.6 is 12.2 Å². The third-order valence-corrected chi connectivity index (χ3v) is 4.51. The van der Waals surface area contributed by atoms with Crippen molar-refractivity contribution in [2.24, 2.45) is 0 Å². The number of carbonyl (C=O) groups is 1. The zero-order valence-electron chi connectivity index (χ0n) is 15.2. The molecule has 7 heteroatoms. The first-order chi connectivity index (χ1) is 12.4. The van der Waals surface area contributed by atoms with E-state index in [0.29, 0.717) is 24.3 Å². The SMILES string of the molecule is Cc1cccc(-c2n[nH]c(=S)n2CCC(=O)N(C)Cc2ccc(C)o2)c1. The number of nitrogens with zero attached hydrogens (tertiary/aromatic N) is 3. The topological polar surface area (TPSA) is 67.1 Å². The zero-order chi connectivity index (χ0) is 18.7. The number of aromatic nitrogens is 3. The Morgan fingerprint density at radius 1 is 1.31 bits per heavy atom. The van der Waals surface area contributed by atoms with Gasteiger partial charge in [0.15, 0.2) is 10.6 Å². The van der Waals surface area contributed by atoms with E-state index < -0.39 is 0 Å². The van der Waals surface area contributed by atoms with Gasteiger partial charge in [0.05, 0.1) is 6.54 Å². The maximum Gasteiger partial charge on any atom is 0.224 e. The van der Waals surface area contributed by atoms with Gasteiger partial charge in [-0.25, -0.2) is 0 Å². The standard InChI is InChI=1S/C19H22N4O2S/c1-13-5-4-6-15(11-13)18-20-21-19(26)23(18)10-9-17(24)22(3)12-16-8-7-14(2)25-16/h4-8,11H,9-10,12H2,1-3H3,(H,21,26). The Labute approximate surface area is 157 Å². The smallest absolute Gasteiger partial charge is 0.224 e. The van der Waals surface area contributed by atoms with Crippen LogP contribution in [0.1, 0.15) is 23.5 Å². The molecule has 2 aromatic heterocycles. The molecule has 0 aliphatic rings. The Bertz CT molecular complexity index is 970. The summed E-state index contributed by atoms with van der Waals surface area (Å²) in [6.07, 6.45) is 0.336. The molecule has 0 aliphatic carbocycles. The van der Waals surface area contributed by atoms with Crippen molar-refractivity contribution in [1.82, 2.24) is 19.7 Å². The van der Waals surface area contributed by atoms with Crippen molar-refractivity contribution < 1.29 is 9.21 Å². The van der Waals surface area contributed by atoms with Crippen LogP contribution in [0.5, 0.6) is 0 Å². The molecule has 6 nitrogen and oxygen atoms in total. The van der Waals surface area contributed by atoms with Crippen molar-refractivity contribution in [1.29, 1.82) is 0 Å². The molecule has 0 atom stereocenters. The molecule has 3 aromatic rings. The van der Waals surface area contributed by atoms with Gasteiger partial charge in [-0.2, -0.15) is 5.10 Å². The normalized spacial score (nSPS) is 10.9. The van der Waals surface area contributed by atoms with Gasteiger partial charge in [0.25, 0.3) is 0 Å². The highest BCUT2D eigenvalue weighted by molar-refractivity contribution is 7.71. The van der Waals surface area contributed by atoms with Gasteiger partial charge in [0.1, 0.15) is 11.5 Å². The number of amides is 1. The van der Waals surface area contributed by atoms with Gasteiger partial charge in [-0.3, -0.25) is 14.5 Å². The molecule has 0 unspecified atom stereocenters. The van der Waals surface area contributed by atoms with Crippen LogP contribution in [-0.4, -0.2) is 32.6 Å². The second kappa shape index (κ2) is 7.70. The molecule has 0 saturated carbocycles. The quantitative estimate of drug-likeness (QED) is 0.669. The zero-order valence-corrected chi connectivity index (χ0v) is 16.0. The summed E-state index contributed by atoms with van der Waals surface area (Å²) in [5, 5.41) is 7.15. The lowest BCUT2D eigenvalue weighted by atomic mass is 10.1. The molecular weight excluding hydrogens is 348 g/mol. The van der Waals surface area contributed by atoms with E-state index >= 15 is 0 Å². The van der Waals surface area contributed by atoms with Crippen molar-refractivity contribution >= 4 is 18.1 Å². The van der Waals surface area contributed by atoms with Crippen LogP contribution in [-0.2, 0) is 17.9 Å². The van der Waals surface area contributed by atoms with Crippen LogP contribution in [0.2, 0.25) is 0 Å². The predicted molar refractivity (Wildman–Crippen MR) is 102 cm³/mol. The molecule has 0 spiro atoms. The Morgan fingerprint density at radius 2 is 2.12 bits per heavy atom. The molecule has 1 aromatic carbocycles.